The van der Waals surface area contributed by atoms with Gasteiger partial charge in [-0.25, -0.2) is 4.79 Å². The summed E-state index contributed by atoms with van der Waals surface area (Å²) in [6.45, 7) is 5.27. The zero-order valence-electron chi connectivity index (χ0n) is 7.91. The minimum Gasteiger partial charge on any atom is -0.449 e. The Morgan fingerprint density at radius 3 is 2.69 bits per heavy atom. The third-order valence-electron chi connectivity index (χ3n) is 1.80. The van der Waals surface area contributed by atoms with E-state index in [1.54, 1.807) is 17.0 Å². The van der Waals surface area contributed by atoms with E-state index in [2.05, 4.69) is 5.32 Å². The standard InChI is InChI=1S/C9H14N2O2/c1-3-11(4-2)9(12)10-8-6-5-7-13-8/h5-7H,3-4H2,1-2H3,(H,10,12). The summed E-state index contributed by atoms with van der Waals surface area (Å²) in [4.78, 5) is 13.1. The molecule has 1 aromatic rings. The van der Waals surface area contributed by atoms with Gasteiger partial charge >= 0.3 is 6.03 Å². The third kappa shape index (κ3) is 2.50. The van der Waals surface area contributed by atoms with E-state index in [1.807, 2.05) is 13.8 Å². The van der Waals surface area contributed by atoms with Crippen molar-refractivity contribution in [1.82, 2.24) is 4.90 Å². The molecular formula is C9H14N2O2. The number of nitrogens with one attached hydrogen (secondary N) is 1. The van der Waals surface area contributed by atoms with Crippen molar-refractivity contribution in [1.29, 1.82) is 0 Å². The maximum Gasteiger partial charge on any atom is 0.324 e. The van der Waals surface area contributed by atoms with Crippen molar-refractivity contribution in [2.75, 3.05) is 18.4 Å². The lowest BCUT2D eigenvalue weighted by molar-refractivity contribution is 0.216. The smallest absolute Gasteiger partial charge is 0.324 e. The summed E-state index contributed by atoms with van der Waals surface area (Å²) in [5, 5.41) is 2.64. The highest BCUT2D eigenvalue weighted by Crippen LogP contribution is 2.07. The van der Waals surface area contributed by atoms with Gasteiger partial charge in [-0.3, -0.25) is 5.32 Å². The Bertz CT molecular complexity index is 253. The van der Waals surface area contributed by atoms with Crippen molar-refractivity contribution < 1.29 is 9.21 Å². The second-order valence-electron chi connectivity index (χ2n) is 2.58. The zero-order valence-corrected chi connectivity index (χ0v) is 7.91. The second kappa shape index (κ2) is 4.54. The maximum atomic E-state index is 11.4. The quantitative estimate of drug-likeness (QED) is 0.778. The first-order valence-electron chi connectivity index (χ1n) is 4.37. The Kier molecular flexibility index (Phi) is 3.37. The minimum atomic E-state index is -0.125. The van der Waals surface area contributed by atoms with E-state index in [1.165, 1.54) is 6.26 Å². The van der Waals surface area contributed by atoms with Crippen LogP contribution >= 0.6 is 0 Å². The van der Waals surface area contributed by atoms with Gasteiger partial charge in [0.15, 0.2) is 0 Å². The van der Waals surface area contributed by atoms with Crippen LogP contribution in [-0.2, 0) is 0 Å². The predicted molar refractivity (Wildman–Crippen MR) is 50.6 cm³/mol. The van der Waals surface area contributed by atoms with E-state index < -0.39 is 0 Å². The first-order chi connectivity index (χ1) is 6.27. The summed E-state index contributed by atoms with van der Waals surface area (Å²) in [7, 11) is 0. The fourth-order valence-corrected chi connectivity index (χ4v) is 1.04. The van der Waals surface area contributed by atoms with Gasteiger partial charge in [0.2, 0.25) is 5.88 Å². The molecule has 0 saturated carbocycles. The van der Waals surface area contributed by atoms with Crippen molar-refractivity contribution in [2.45, 2.75) is 13.8 Å². The topological polar surface area (TPSA) is 45.5 Å². The molecule has 13 heavy (non-hydrogen) atoms. The van der Waals surface area contributed by atoms with E-state index in [0.29, 0.717) is 19.0 Å². The van der Waals surface area contributed by atoms with Crippen LogP contribution in [0, 0.1) is 0 Å². The van der Waals surface area contributed by atoms with E-state index in [4.69, 9.17) is 4.42 Å². The molecule has 0 spiro atoms. The van der Waals surface area contributed by atoms with E-state index in [-0.39, 0.29) is 6.03 Å². The molecule has 4 heteroatoms. The van der Waals surface area contributed by atoms with Crippen LogP contribution in [-0.4, -0.2) is 24.0 Å². The van der Waals surface area contributed by atoms with Crippen LogP contribution in [0.15, 0.2) is 22.8 Å². The van der Waals surface area contributed by atoms with Crippen LogP contribution < -0.4 is 5.32 Å². The van der Waals surface area contributed by atoms with Crippen LogP contribution in [0.1, 0.15) is 13.8 Å². The van der Waals surface area contributed by atoms with Crippen molar-refractivity contribution >= 4 is 11.9 Å². The fourth-order valence-electron chi connectivity index (χ4n) is 1.04. The molecule has 72 valence electrons. The van der Waals surface area contributed by atoms with Crippen LogP contribution in [0.2, 0.25) is 0 Å². The molecule has 0 aliphatic carbocycles. The Morgan fingerprint density at radius 2 is 2.23 bits per heavy atom. The van der Waals surface area contributed by atoms with Crippen LogP contribution in [0.3, 0.4) is 0 Å². The number of carbonyl (C=O) groups excluding carboxylic acids is 1. The van der Waals surface area contributed by atoms with E-state index in [0.717, 1.165) is 0 Å². The molecule has 0 atom stereocenters. The lowest BCUT2D eigenvalue weighted by Crippen LogP contribution is -2.34. The first kappa shape index (κ1) is 9.64. The molecule has 1 heterocycles. The summed E-state index contributed by atoms with van der Waals surface area (Å²) >= 11 is 0. The SMILES string of the molecule is CCN(CC)C(=O)Nc1ccco1. The molecule has 1 N–H and O–H groups in total. The molecule has 0 radical (unpaired) electrons. The normalized spacial score (nSPS) is 9.69. The number of urea groups is 1. The Balaban J connectivity index is 2.49. The van der Waals surface area contributed by atoms with Gasteiger partial charge in [0, 0.05) is 19.2 Å². The van der Waals surface area contributed by atoms with Crippen LogP contribution in [0.5, 0.6) is 0 Å². The number of furan rings is 1. The summed E-state index contributed by atoms with van der Waals surface area (Å²) in [6, 6.07) is 3.32. The summed E-state index contributed by atoms with van der Waals surface area (Å²) < 4.78 is 4.98. The van der Waals surface area contributed by atoms with Crippen molar-refractivity contribution in [3.63, 3.8) is 0 Å². The minimum absolute atomic E-state index is 0.125. The predicted octanol–water partition coefficient (Wildman–Crippen LogP) is 2.15. The Hall–Kier alpha value is -1.45. The lowest BCUT2D eigenvalue weighted by Gasteiger charge is -2.17. The van der Waals surface area contributed by atoms with Gasteiger partial charge in [0.25, 0.3) is 0 Å². The average molecular weight is 182 g/mol. The summed E-state index contributed by atoms with van der Waals surface area (Å²) in [6.07, 6.45) is 1.53. The van der Waals surface area contributed by atoms with Crippen LogP contribution in [0.4, 0.5) is 10.7 Å². The van der Waals surface area contributed by atoms with Gasteiger partial charge < -0.3 is 9.32 Å². The molecule has 0 fully saturated rings. The zero-order chi connectivity index (χ0) is 9.68. The molecule has 1 rings (SSSR count). The lowest BCUT2D eigenvalue weighted by atomic mass is 10.5. The summed E-state index contributed by atoms with van der Waals surface area (Å²) in [5.74, 6) is 0.483. The summed E-state index contributed by atoms with van der Waals surface area (Å²) in [5.41, 5.74) is 0. The van der Waals surface area contributed by atoms with Crippen molar-refractivity contribution in [2.24, 2.45) is 0 Å². The van der Waals surface area contributed by atoms with Crippen molar-refractivity contribution in [3.05, 3.63) is 18.4 Å². The molecule has 0 aliphatic heterocycles. The van der Waals surface area contributed by atoms with Gasteiger partial charge in [-0.15, -0.1) is 0 Å². The number of carbonyl (C=O) groups is 1. The first-order valence-corrected chi connectivity index (χ1v) is 4.37. The molecule has 1 aromatic heterocycles. The molecule has 0 aromatic carbocycles. The largest absolute Gasteiger partial charge is 0.449 e. The number of anilines is 1. The number of nitrogens with zero attached hydrogens (tertiary/aromatic N) is 1. The molecule has 4 nitrogen and oxygen atoms in total. The molecule has 0 bridgehead atoms. The average Bonchev–Trinajstić information content (AvgIpc) is 2.59. The number of amides is 2. The number of hydrogen-bond acceptors (Lipinski definition) is 2. The van der Waals surface area contributed by atoms with Crippen molar-refractivity contribution in [3.8, 4) is 0 Å². The fraction of sp³-hybridized carbons (Fsp3) is 0.444. The Labute approximate surface area is 77.5 Å². The van der Waals surface area contributed by atoms with Gasteiger partial charge in [0.05, 0.1) is 6.26 Å². The maximum absolute atomic E-state index is 11.4. The Morgan fingerprint density at radius 1 is 1.54 bits per heavy atom. The van der Waals surface area contributed by atoms with E-state index >= 15 is 0 Å². The number of hydrogen-bond donors (Lipinski definition) is 1. The molecule has 0 saturated heterocycles. The van der Waals surface area contributed by atoms with Crippen LogP contribution in [0.25, 0.3) is 0 Å². The molecule has 2 amide bonds. The highest BCUT2D eigenvalue weighted by Gasteiger charge is 2.09. The third-order valence-corrected chi connectivity index (χ3v) is 1.80. The number of rotatable bonds is 3. The second-order valence-corrected chi connectivity index (χ2v) is 2.58. The van der Waals surface area contributed by atoms with Gasteiger partial charge in [-0.2, -0.15) is 0 Å². The molecular weight excluding hydrogens is 168 g/mol. The highest BCUT2D eigenvalue weighted by atomic mass is 16.3. The molecule has 0 aliphatic rings. The van der Waals surface area contributed by atoms with Gasteiger partial charge in [-0.1, -0.05) is 0 Å². The monoisotopic (exact) mass is 182 g/mol. The highest BCUT2D eigenvalue weighted by molar-refractivity contribution is 5.87. The van der Waals surface area contributed by atoms with E-state index in [9.17, 15) is 4.79 Å². The van der Waals surface area contributed by atoms with Gasteiger partial charge in [-0.05, 0) is 19.9 Å². The molecule has 0 unspecified atom stereocenters. The van der Waals surface area contributed by atoms with Gasteiger partial charge in [0.1, 0.15) is 0 Å².